The maximum atomic E-state index is 12.6. The van der Waals surface area contributed by atoms with Crippen LogP contribution in [-0.2, 0) is 17.6 Å². The highest BCUT2D eigenvalue weighted by Crippen LogP contribution is 2.34. The molecule has 8 nitrogen and oxygen atoms in total. The minimum Gasteiger partial charge on any atom is -0.489 e. The van der Waals surface area contributed by atoms with E-state index in [0.717, 1.165) is 92.7 Å². The highest BCUT2D eigenvalue weighted by molar-refractivity contribution is 5.86. The molecule has 1 aliphatic carbocycles. The summed E-state index contributed by atoms with van der Waals surface area (Å²) in [7, 11) is 0. The molecule has 1 N–H and O–H groups in total. The predicted molar refractivity (Wildman–Crippen MR) is 138 cm³/mol. The van der Waals surface area contributed by atoms with E-state index >= 15 is 0 Å². The van der Waals surface area contributed by atoms with Crippen LogP contribution in [0.2, 0.25) is 0 Å². The molecule has 1 amide bonds. The van der Waals surface area contributed by atoms with Gasteiger partial charge in [0.05, 0.1) is 13.0 Å². The zero-order valence-electron chi connectivity index (χ0n) is 20.8. The Kier molecular flexibility index (Phi) is 6.77. The van der Waals surface area contributed by atoms with Gasteiger partial charge in [-0.15, -0.1) is 0 Å². The molecule has 190 valence electrons. The zero-order valence-corrected chi connectivity index (χ0v) is 20.8. The van der Waals surface area contributed by atoms with Crippen LogP contribution in [0.1, 0.15) is 43.4 Å². The second-order valence-corrected chi connectivity index (χ2v) is 10.4. The number of carbonyl (C=O) groups excluding carboxylic acids is 1. The first-order valence-electron chi connectivity index (χ1n) is 13.4. The summed E-state index contributed by atoms with van der Waals surface area (Å²) in [6, 6.07) is 10.1. The molecule has 1 aromatic carbocycles. The van der Waals surface area contributed by atoms with Gasteiger partial charge in [0, 0.05) is 55.8 Å². The van der Waals surface area contributed by atoms with E-state index in [1.54, 1.807) is 0 Å². The second kappa shape index (κ2) is 10.5. The minimum atomic E-state index is 0.0410. The van der Waals surface area contributed by atoms with Gasteiger partial charge in [0.1, 0.15) is 5.69 Å². The highest BCUT2D eigenvalue weighted by atomic mass is 16.5. The number of nitrogens with one attached hydrogen (secondary N) is 1. The average Bonchev–Trinajstić information content (AvgIpc) is 3.56. The largest absolute Gasteiger partial charge is 0.489 e. The number of pyridine rings is 1. The smallest absolute Gasteiger partial charge is 0.226 e. The van der Waals surface area contributed by atoms with Crippen molar-refractivity contribution in [3.63, 3.8) is 0 Å². The predicted octanol–water partition coefficient (Wildman–Crippen LogP) is 3.59. The van der Waals surface area contributed by atoms with Crippen molar-refractivity contribution in [3.8, 4) is 5.75 Å². The van der Waals surface area contributed by atoms with Gasteiger partial charge < -0.3 is 19.5 Å². The van der Waals surface area contributed by atoms with Gasteiger partial charge in [0.2, 0.25) is 5.91 Å². The molecule has 0 radical (unpaired) electrons. The number of carbonyl (C=O) groups is 1. The summed E-state index contributed by atoms with van der Waals surface area (Å²) in [4.78, 5) is 22.2. The Morgan fingerprint density at radius 2 is 1.89 bits per heavy atom. The Balaban J connectivity index is 0.907. The Bertz CT molecular complexity index is 1190. The van der Waals surface area contributed by atoms with Crippen LogP contribution >= 0.6 is 0 Å². The third kappa shape index (κ3) is 5.05. The maximum Gasteiger partial charge on any atom is 0.226 e. The number of piperazine rings is 1. The quantitative estimate of drug-likeness (QED) is 0.543. The van der Waals surface area contributed by atoms with Crippen molar-refractivity contribution in [2.45, 2.75) is 51.0 Å². The van der Waals surface area contributed by atoms with Gasteiger partial charge >= 0.3 is 0 Å². The summed E-state index contributed by atoms with van der Waals surface area (Å²) in [5.74, 6) is 2.83. The highest BCUT2D eigenvalue weighted by Gasteiger charge is 2.27. The van der Waals surface area contributed by atoms with Gasteiger partial charge in [-0.3, -0.25) is 9.69 Å². The first-order valence-corrected chi connectivity index (χ1v) is 13.4. The topological polar surface area (TPSA) is 83.7 Å². The summed E-state index contributed by atoms with van der Waals surface area (Å²) < 4.78 is 11.2. The van der Waals surface area contributed by atoms with Crippen molar-refractivity contribution in [1.29, 1.82) is 0 Å². The number of ether oxygens (including phenoxy) is 1. The molecule has 2 aromatic heterocycles. The van der Waals surface area contributed by atoms with E-state index in [0.29, 0.717) is 0 Å². The van der Waals surface area contributed by atoms with Crippen molar-refractivity contribution >= 4 is 22.7 Å². The summed E-state index contributed by atoms with van der Waals surface area (Å²) in [5.41, 5.74) is 2.74. The van der Waals surface area contributed by atoms with Crippen LogP contribution in [0.3, 0.4) is 0 Å². The number of anilines is 1. The first-order chi connectivity index (χ1) is 17.7. The van der Waals surface area contributed by atoms with Crippen molar-refractivity contribution < 1.29 is 14.1 Å². The molecular formula is C28H35N5O3. The second-order valence-electron chi connectivity index (χ2n) is 10.4. The van der Waals surface area contributed by atoms with E-state index in [4.69, 9.17) is 9.26 Å². The van der Waals surface area contributed by atoms with Crippen molar-refractivity contribution in [1.82, 2.24) is 20.4 Å². The Labute approximate surface area is 212 Å². The van der Waals surface area contributed by atoms with Crippen molar-refractivity contribution in [3.05, 3.63) is 47.8 Å². The minimum absolute atomic E-state index is 0.0410. The Morgan fingerprint density at radius 1 is 1.06 bits per heavy atom. The monoisotopic (exact) mass is 489 g/mol. The van der Waals surface area contributed by atoms with E-state index < -0.39 is 0 Å². The van der Waals surface area contributed by atoms with Crippen molar-refractivity contribution in [2.75, 3.05) is 44.2 Å². The van der Waals surface area contributed by atoms with Crippen LogP contribution in [0.5, 0.6) is 5.75 Å². The average molecular weight is 490 g/mol. The van der Waals surface area contributed by atoms with E-state index in [1.807, 2.05) is 30.5 Å². The number of benzene rings is 1. The summed E-state index contributed by atoms with van der Waals surface area (Å²) in [6.07, 6.45) is 8.94. The van der Waals surface area contributed by atoms with Crippen molar-refractivity contribution in [2.24, 2.45) is 5.92 Å². The van der Waals surface area contributed by atoms with Gasteiger partial charge in [-0.05, 0) is 62.8 Å². The van der Waals surface area contributed by atoms with E-state index in [2.05, 4.69) is 31.3 Å². The lowest BCUT2D eigenvalue weighted by molar-refractivity contribution is -0.121. The number of nitrogens with zero attached hydrogens (tertiary/aromatic N) is 4. The zero-order chi connectivity index (χ0) is 24.3. The maximum absolute atomic E-state index is 12.6. The number of hydrogen-bond acceptors (Lipinski definition) is 7. The lowest BCUT2D eigenvalue weighted by Gasteiger charge is -2.37. The molecule has 36 heavy (non-hydrogen) atoms. The van der Waals surface area contributed by atoms with Crippen LogP contribution < -0.4 is 15.0 Å². The van der Waals surface area contributed by atoms with Crippen LogP contribution in [0.15, 0.2) is 41.1 Å². The molecule has 4 heterocycles. The molecule has 8 heteroatoms. The molecule has 6 rings (SSSR count). The van der Waals surface area contributed by atoms with Crippen LogP contribution in [-0.4, -0.2) is 66.3 Å². The fourth-order valence-electron chi connectivity index (χ4n) is 5.96. The number of hydrogen-bond donors (Lipinski definition) is 1. The standard InChI is InChI=1S/C28H35N5O3/c34-26(19-24-23-3-1-2-4-25(23)36-31-24)30-22-7-5-20(6-8-22)10-13-32-14-16-33(17-15-32)28-27-21(9-12-29-28)11-18-35-27/h1-4,9,12,20,22H,5-8,10-11,13-19H2,(H,30,34)/t20-,22-. The van der Waals surface area contributed by atoms with E-state index in [-0.39, 0.29) is 18.4 Å². The van der Waals surface area contributed by atoms with Crippen LogP contribution in [0.25, 0.3) is 11.0 Å². The lowest BCUT2D eigenvalue weighted by Crippen LogP contribution is -2.47. The number of fused-ring (bicyclic) bond motifs is 2. The Hall–Kier alpha value is -3.13. The molecule has 2 aliphatic heterocycles. The third-order valence-electron chi connectivity index (χ3n) is 8.10. The summed E-state index contributed by atoms with van der Waals surface area (Å²) in [6.45, 7) is 6.10. The molecule has 0 unspecified atom stereocenters. The van der Waals surface area contributed by atoms with Crippen LogP contribution in [0.4, 0.5) is 5.82 Å². The fourth-order valence-corrected chi connectivity index (χ4v) is 5.96. The van der Waals surface area contributed by atoms with Gasteiger partial charge in [0.25, 0.3) is 0 Å². The molecule has 1 saturated heterocycles. The van der Waals surface area contributed by atoms with Gasteiger partial charge in [0.15, 0.2) is 17.2 Å². The van der Waals surface area contributed by atoms with E-state index in [1.165, 1.54) is 24.8 Å². The lowest BCUT2D eigenvalue weighted by atomic mass is 9.84. The molecule has 0 bridgehead atoms. The molecule has 3 aromatic rings. The SMILES string of the molecule is O=C(Cc1noc2ccccc12)N[C@H]1CC[C@H](CCN2CCN(c3nccc4c3OCC4)CC2)CC1. The van der Waals surface area contributed by atoms with Gasteiger partial charge in [-0.1, -0.05) is 17.3 Å². The number of aromatic nitrogens is 2. The molecule has 0 spiro atoms. The number of rotatable bonds is 7. The van der Waals surface area contributed by atoms with Gasteiger partial charge in [-0.2, -0.15) is 0 Å². The normalized spacial score (nSPS) is 22.4. The first kappa shape index (κ1) is 23.3. The molecule has 1 saturated carbocycles. The van der Waals surface area contributed by atoms with E-state index in [9.17, 15) is 4.79 Å². The Morgan fingerprint density at radius 3 is 2.75 bits per heavy atom. The summed E-state index contributed by atoms with van der Waals surface area (Å²) >= 11 is 0. The number of amides is 1. The summed E-state index contributed by atoms with van der Waals surface area (Å²) in [5, 5.41) is 8.25. The number of para-hydroxylation sites is 1. The van der Waals surface area contributed by atoms with Gasteiger partial charge in [-0.25, -0.2) is 4.98 Å². The fraction of sp³-hybridized carbons (Fsp3) is 0.536. The molecule has 0 atom stereocenters. The molecule has 2 fully saturated rings. The molecule has 3 aliphatic rings. The van der Waals surface area contributed by atoms with Crippen LogP contribution in [0, 0.1) is 5.92 Å². The third-order valence-corrected chi connectivity index (χ3v) is 8.10. The molecular weight excluding hydrogens is 454 g/mol.